The lowest BCUT2D eigenvalue weighted by Gasteiger charge is -2.25. The largest absolute Gasteiger partial charge is 0.294 e. The van der Waals surface area contributed by atoms with E-state index < -0.39 is 0 Å². The molecule has 0 unspecified atom stereocenters. The van der Waals surface area contributed by atoms with Crippen molar-refractivity contribution >= 4 is 11.9 Å². The van der Waals surface area contributed by atoms with Crippen LogP contribution in [0.15, 0.2) is 29.8 Å². The van der Waals surface area contributed by atoms with Gasteiger partial charge in [0.05, 0.1) is 0 Å². The highest BCUT2D eigenvalue weighted by Gasteiger charge is 2.27. The molecule has 2 rings (SSSR count). The highest BCUT2D eigenvalue weighted by atomic mass is 16.1. The van der Waals surface area contributed by atoms with Gasteiger partial charge in [-0.25, -0.2) is 0 Å². The molecule has 0 aliphatic heterocycles. The number of hydrogen-bond donors (Lipinski definition) is 0. The third-order valence-electron chi connectivity index (χ3n) is 2.81. The molecule has 0 N–H and O–H groups in total. The van der Waals surface area contributed by atoms with Crippen LogP contribution in [0.3, 0.4) is 0 Å². The van der Waals surface area contributed by atoms with E-state index in [1.54, 1.807) is 0 Å². The molecule has 1 aromatic carbocycles. The Morgan fingerprint density at radius 2 is 1.61 bits per heavy atom. The van der Waals surface area contributed by atoms with Gasteiger partial charge in [0.15, 0.2) is 5.78 Å². The Kier molecular flexibility index (Phi) is 6.04. The van der Waals surface area contributed by atoms with Gasteiger partial charge in [-0.1, -0.05) is 66.3 Å². The SMILES string of the molecule is C.CC.CC(C)(C)C1=Cc2ccccc2CC1=O. The van der Waals surface area contributed by atoms with Crippen LogP contribution in [-0.2, 0) is 11.2 Å². The second-order valence-corrected chi connectivity index (χ2v) is 5.11. The zero-order valence-corrected chi connectivity index (χ0v) is 11.5. The Balaban J connectivity index is 0.000000917. The predicted molar refractivity (Wildman–Crippen MR) is 80.7 cm³/mol. The Morgan fingerprint density at radius 3 is 2.17 bits per heavy atom. The zero-order chi connectivity index (χ0) is 13.1. The van der Waals surface area contributed by atoms with Crippen molar-refractivity contribution in [3.05, 3.63) is 41.0 Å². The Bertz CT molecular complexity index is 433. The lowest BCUT2D eigenvalue weighted by atomic mass is 9.78. The maximum Gasteiger partial charge on any atom is 0.163 e. The number of carbonyl (C=O) groups excluding carboxylic acids is 1. The van der Waals surface area contributed by atoms with E-state index in [1.165, 1.54) is 5.56 Å². The molecule has 1 aromatic rings. The van der Waals surface area contributed by atoms with Gasteiger partial charge in [-0.05, 0) is 22.6 Å². The van der Waals surface area contributed by atoms with Gasteiger partial charge in [-0.15, -0.1) is 0 Å². The van der Waals surface area contributed by atoms with Crippen molar-refractivity contribution in [2.45, 2.75) is 48.5 Å². The number of allylic oxidation sites excluding steroid dienone is 1. The van der Waals surface area contributed by atoms with Crippen molar-refractivity contribution in [1.29, 1.82) is 0 Å². The summed E-state index contributed by atoms with van der Waals surface area (Å²) in [7, 11) is 0. The molecule has 0 heterocycles. The van der Waals surface area contributed by atoms with Crippen LogP contribution < -0.4 is 0 Å². The third kappa shape index (κ3) is 3.56. The van der Waals surface area contributed by atoms with Crippen LogP contribution in [0.5, 0.6) is 0 Å². The maximum absolute atomic E-state index is 11.9. The van der Waals surface area contributed by atoms with E-state index in [-0.39, 0.29) is 18.6 Å². The second kappa shape index (κ2) is 6.53. The van der Waals surface area contributed by atoms with Crippen molar-refractivity contribution in [3.63, 3.8) is 0 Å². The van der Waals surface area contributed by atoms with Crippen molar-refractivity contribution in [3.8, 4) is 0 Å². The number of fused-ring (bicyclic) bond motifs is 1. The number of benzene rings is 1. The fourth-order valence-electron chi connectivity index (χ4n) is 1.97. The molecule has 1 aliphatic rings. The van der Waals surface area contributed by atoms with Crippen LogP contribution in [-0.4, -0.2) is 5.78 Å². The summed E-state index contributed by atoms with van der Waals surface area (Å²) in [5.74, 6) is 0.265. The maximum atomic E-state index is 11.9. The van der Waals surface area contributed by atoms with Gasteiger partial charge < -0.3 is 0 Å². The van der Waals surface area contributed by atoms with E-state index in [4.69, 9.17) is 0 Å². The molecule has 0 spiro atoms. The van der Waals surface area contributed by atoms with Crippen LogP contribution in [0.1, 0.15) is 53.2 Å². The Hall–Kier alpha value is -1.37. The summed E-state index contributed by atoms with van der Waals surface area (Å²) >= 11 is 0. The average Bonchev–Trinajstić information content (AvgIpc) is 2.29. The van der Waals surface area contributed by atoms with E-state index in [1.807, 2.05) is 38.1 Å². The van der Waals surface area contributed by atoms with Crippen LogP contribution in [0, 0.1) is 5.41 Å². The fraction of sp³-hybridized carbons (Fsp3) is 0.471. The predicted octanol–water partition coefficient (Wildman–Crippen LogP) is 4.90. The molecule has 18 heavy (non-hydrogen) atoms. The smallest absolute Gasteiger partial charge is 0.163 e. The van der Waals surface area contributed by atoms with E-state index in [0.29, 0.717) is 6.42 Å². The first kappa shape index (κ1) is 16.6. The lowest BCUT2D eigenvalue weighted by Crippen LogP contribution is -2.22. The molecule has 0 amide bonds. The average molecular weight is 246 g/mol. The molecule has 100 valence electrons. The van der Waals surface area contributed by atoms with Crippen molar-refractivity contribution < 1.29 is 4.79 Å². The summed E-state index contributed by atoms with van der Waals surface area (Å²) in [6.45, 7) is 10.3. The molecular formula is C17H26O. The first-order valence-electron chi connectivity index (χ1n) is 6.32. The van der Waals surface area contributed by atoms with Crippen molar-refractivity contribution in [2.24, 2.45) is 5.41 Å². The molecule has 0 bridgehead atoms. The first-order valence-corrected chi connectivity index (χ1v) is 6.32. The summed E-state index contributed by atoms with van der Waals surface area (Å²) in [5.41, 5.74) is 3.24. The van der Waals surface area contributed by atoms with Crippen molar-refractivity contribution in [2.75, 3.05) is 0 Å². The molecule has 0 radical (unpaired) electrons. The molecule has 0 atom stereocenters. The monoisotopic (exact) mass is 246 g/mol. The van der Waals surface area contributed by atoms with Crippen LogP contribution in [0.4, 0.5) is 0 Å². The van der Waals surface area contributed by atoms with Crippen LogP contribution in [0.25, 0.3) is 6.08 Å². The second-order valence-electron chi connectivity index (χ2n) is 5.11. The van der Waals surface area contributed by atoms with Crippen LogP contribution in [0.2, 0.25) is 0 Å². The summed E-state index contributed by atoms with van der Waals surface area (Å²) in [5, 5.41) is 0. The third-order valence-corrected chi connectivity index (χ3v) is 2.81. The Labute approximate surface area is 112 Å². The van der Waals surface area contributed by atoms with Gasteiger partial charge in [0.2, 0.25) is 0 Å². The van der Waals surface area contributed by atoms with Gasteiger partial charge in [0.1, 0.15) is 0 Å². The molecule has 1 heteroatoms. The zero-order valence-electron chi connectivity index (χ0n) is 11.5. The highest BCUT2D eigenvalue weighted by molar-refractivity contribution is 6.04. The molecule has 1 aliphatic carbocycles. The molecule has 1 nitrogen and oxygen atoms in total. The quantitative estimate of drug-likeness (QED) is 0.636. The number of Topliss-reactive ketones (excluding diaryl/α,β-unsaturated/α-hetero) is 1. The topological polar surface area (TPSA) is 17.1 Å². The molecule has 0 aromatic heterocycles. The van der Waals surface area contributed by atoms with E-state index in [9.17, 15) is 4.79 Å². The molecule has 0 saturated carbocycles. The first-order chi connectivity index (χ1) is 7.98. The number of ketones is 1. The van der Waals surface area contributed by atoms with Gasteiger partial charge in [-0.2, -0.15) is 0 Å². The van der Waals surface area contributed by atoms with Gasteiger partial charge in [0.25, 0.3) is 0 Å². The lowest BCUT2D eigenvalue weighted by molar-refractivity contribution is -0.115. The van der Waals surface area contributed by atoms with Crippen molar-refractivity contribution in [1.82, 2.24) is 0 Å². The molecular weight excluding hydrogens is 220 g/mol. The van der Waals surface area contributed by atoms with E-state index >= 15 is 0 Å². The Morgan fingerprint density at radius 1 is 1.06 bits per heavy atom. The minimum absolute atomic E-state index is 0. The summed E-state index contributed by atoms with van der Waals surface area (Å²) < 4.78 is 0. The summed E-state index contributed by atoms with van der Waals surface area (Å²) in [6.07, 6.45) is 2.60. The van der Waals surface area contributed by atoms with Gasteiger partial charge >= 0.3 is 0 Å². The van der Waals surface area contributed by atoms with Gasteiger partial charge in [0, 0.05) is 12.0 Å². The van der Waals surface area contributed by atoms with Gasteiger partial charge in [-0.3, -0.25) is 4.79 Å². The summed E-state index contributed by atoms with van der Waals surface area (Å²) in [6, 6.07) is 8.12. The standard InChI is InChI=1S/C14H16O.C2H6.CH4/c1-14(2,3)12-8-10-6-4-5-7-11(10)9-13(12)15;1-2;/h4-8H,9H2,1-3H3;1-2H3;1H4. The number of carbonyl (C=O) groups is 1. The number of rotatable bonds is 0. The fourth-order valence-corrected chi connectivity index (χ4v) is 1.97. The highest BCUT2D eigenvalue weighted by Crippen LogP contribution is 2.32. The van der Waals surface area contributed by atoms with E-state index in [0.717, 1.165) is 11.1 Å². The minimum atomic E-state index is -0.0510. The minimum Gasteiger partial charge on any atom is -0.294 e. The number of hydrogen-bond acceptors (Lipinski definition) is 1. The summed E-state index contributed by atoms with van der Waals surface area (Å²) in [4.78, 5) is 11.9. The molecule has 0 saturated heterocycles. The van der Waals surface area contributed by atoms with E-state index in [2.05, 4.69) is 26.8 Å². The van der Waals surface area contributed by atoms with Crippen LogP contribution >= 0.6 is 0 Å². The normalized spacial score (nSPS) is 13.6. The molecule has 0 fully saturated rings.